The molecular weight excluding hydrogens is 450 g/mol. The number of carbonyl (C=O) groups excluding carboxylic acids is 1. The van der Waals surface area contributed by atoms with Crippen LogP contribution in [-0.2, 0) is 0 Å². The first-order chi connectivity index (χ1) is 17.5. The number of fused-ring (bicyclic) bond motifs is 1. The van der Waals surface area contributed by atoms with Crippen LogP contribution in [0.15, 0.2) is 48.8 Å². The molecule has 2 fully saturated rings. The van der Waals surface area contributed by atoms with Crippen LogP contribution in [-0.4, -0.2) is 53.2 Å². The summed E-state index contributed by atoms with van der Waals surface area (Å²) in [6.45, 7) is 9.97. The van der Waals surface area contributed by atoms with E-state index in [4.69, 9.17) is 9.72 Å². The Labute approximate surface area is 213 Å². The summed E-state index contributed by atoms with van der Waals surface area (Å²) in [5.74, 6) is 1.93. The van der Waals surface area contributed by atoms with Gasteiger partial charge >= 0.3 is 6.03 Å². The second kappa shape index (κ2) is 10.7. The molecule has 2 aliphatic rings. The number of aromatic nitrogens is 2. The summed E-state index contributed by atoms with van der Waals surface area (Å²) in [6, 6.07) is 14.1. The summed E-state index contributed by atoms with van der Waals surface area (Å²) in [7, 11) is 0. The number of rotatable bonds is 5. The lowest BCUT2D eigenvalue weighted by Gasteiger charge is -2.33. The zero-order valence-corrected chi connectivity index (χ0v) is 21.6. The molecule has 2 amide bonds. The van der Waals surface area contributed by atoms with E-state index in [1.165, 1.54) is 18.5 Å². The number of hydrogen-bond donors (Lipinski definition) is 1. The Morgan fingerprint density at radius 1 is 0.972 bits per heavy atom. The van der Waals surface area contributed by atoms with Gasteiger partial charge in [0.25, 0.3) is 0 Å². The van der Waals surface area contributed by atoms with Crippen molar-refractivity contribution in [2.75, 3.05) is 36.4 Å². The number of piperidine rings is 2. The number of carbonyl (C=O) groups is 1. The van der Waals surface area contributed by atoms with Gasteiger partial charge in [-0.2, -0.15) is 0 Å². The van der Waals surface area contributed by atoms with Crippen molar-refractivity contribution in [2.24, 2.45) is 5.92 Å². The van der Waals surface area contributed by atoms with Crippen LogP contribution in [0, 0.1) is 5.92 Å². The molecule has 1 N–H and O–H groups in total. The van der Waals surface area contributed by atoms with Crippen LogP contribution in [0.1, 0.15) is 58.1 Å². The summed E-state index contributed by atoms with van der Waals surface area (Å²) in [5.41, 5.74) is 4.17. The highest BCUT2D eigenvalue weighted by atomic mass is 16.5. The van der Waals surface area contributed by atoms with E-state index in [-0.39, 0.29) is 12.1 Å². The van der Waals surface area contributed by atoms with Gasteiger partial charge < -0.3 is 19.9 Å². The molecule has 0 bridgehead atoms. The Morgan fingerprint density at radius 3 is 2.39 bits per heavy atom. The third kappa shape index (κ3) is 5.55. The van der Waals surface area contributed by atoms with Crippen molar-refractivity contribution in [2.45, 2.75) is 58.5 Å². The highest BCUT2D eigenvalue weighted by Crippen LogP contribution is 2.34. The van der Waals surface area contributed by atoms with Gasteiger partial charge in [-0.1, -0.05) is 6.92 Å². The molecule has 0 aliphatic carbocycles. The number of urea groups is 1. The van der Waals surface area contributed by atoms with Gasteiger partial charge in [0.05, 0.1) is 17.3 Å². The van der Waals surface area contributed by atoms with Gasteiger partial charge in [0, 0.05) is 48.9 Å². The first-order valence-electron chi connectivity index (χ1n) is 13.3. The average Bonchev–Trinajstić information content (AvgIpc) is 2.89. The molecule has 2 saturated heterocycles. The number of nitrogens with one attached hydrogen (secondary N) is 1. The number of benzene rings is 2. The van der Waals surface area contributed by atoms with E-state index in [0.29, 0.717) is 19.0 Å². The molecule has 0 unspecified atom stereocenters. The quantitative estimate of drug-likeness (QED) is 0.473. The van der Waals surface area contributed by atoms with Gasteiger partial charge in [-0.25, -0.2) is 14.8 Å². The summed E-state index contributed by atoms with van der Waals surface area (Å²) in [5, 5.41) is 4.18. The van der Waals surface area contributed by atoms with Crippen LogP contribution in [0.25, 0.3) is 10.9 Å². The zero-order valence-electron chi connectivity index (χ0n) is 21.6. The highest BCUT2D eigenvalue weighted by molar-refractivity contribution is 5.89. The first kappa shape index (κ1) is 24.3. The van der Waals surface area contributed by atoms with Gasteiger partial charge in [0.2, 0.25) is 0 Å². The maximum Gasteiger partial charge on any atom is 0.321 e. The van der Waals surface area contributed by atoms with Crippen molar-refractivity contribution >= 4 is 28.3 Å². The molecule has 36 heavy (non-hydrogen) atoms. The smallest absolute Gasteiger partial charge is 0.321 e. The third-order valence-electron chi connectivity index (χ3n) is 7.44. The largest absolute Gasteiger partial charge is 0.491 e. The minimum Gasteiger partial charge on any atom is -0.491 e. The maximum absolute atomic E-state index is 12.9. The molecular formula is C29H37N5O2. The number of hydrogen-bond acceptors (Lipinski definition) is 5. The van der Waals surface area contributed by atoms with E-state index >= 15 is 0 Å². The fraction of sp³-hybridized carbons (Fsp3) is 0.483. The fourth-order valence-electron chi connectivity index (χ4n) is 5.30. The number of ether oxygens (including phenoxy) is 1. The van der Waals surface area contributed by atoms with Crippen LogP contribution in [0.4, 0.5) is 16.2 Å². The van der Waals surface area contributed by atoms with Crippen LogP contribution in [0.5, 0.6) is 5.75 Å². The molecule has 1 aromatic heterocycles. The summed E-state index contributed by atoms with van der Waals surface area (Å²) < 4.78 is 5.68. The minimum atomic E-state index is -0.0554. The van der Waals surface area contributed by atoms with Crippen molar-refractivity contribution in [1.82, 2.24) is 14.9 Å². The van der Waals surface area contributed by atoms with Crippen LogP contribution >= 0.6 is 0 Å². The van der Waals surface area contributed by atoms with E-state index in [1.807, 2.05) is 43.0 Å². The van der Waals surface area contributed by atoms with E-state index < -0.39 is 0 Å². The Hall–Kier alpha value is -3.35. The zero-order chi connectivity index (χ0) is 25.1. The predicted octanol–water partition coefficient (Wildman–Crippen LogP) is 6.06. The van der Waals surface area contributed by atoms with Crippen molar-refractivity contribution < 1.29 is 9.53 Å². The number of likely N-dealkylation sites (tertiary alicyclic amines) is 1. The second-order valence-electron chi connectivity index (χ2n) is 10.5. The molecule has 2 aromatic carbocycles. The van der Waals surface area contributed by atoms with Gasteiger partial charge in [0.1, 0.15) is 12.1 Å². The number of anilines is 2. The standard InChI is InChI=1S/C29H37N5O2/c1-20(2)36-25-7-4-23(5-8-25)32-29(35)34-16-12-22(13-17-34)28-26-18-24(6-9-27(26)30-19-31-28)33-14-10-21(3)11-15-33/h4-9,18-22H,10-17H2,1-3H3,(H,32,35). The summed E-state index contributed by atoms with van der Waals surface area (Å²) >= 11 is 0. The highest BCUT2D eigenvalue weighted by Gasteiger charge is 2.26. The van der Waals surface area contributed by atoms with Crippen molar-refractivity contribution in [3.63, 3.8) is 0 Å². The average molecular weight is 488 g/mol. The first-order valence-corrected chi connectivity index (χ1v) is 13.3. The van der Waals surface area contributed by atoms with Crippen LogP contribution in [0.2, 0.25) is 0 Å². The molecule has 2 aliphatic heterocycles. The Kier molecular flexibility index (Phi) is 7.25. The number of amides is 2. The lowest BCUT2D eigenvalue weighted by Crippen LogP contribution is -2.40. The number of nitrogens with zero attached hydrogens (tertiary/aromatic N) is 4. The van der Waals surface area contributed by atoms with Crippen LogP contribution < -0.4 is 15.0 Å². The molecule has 0 saturated carbocycles. The fourth-order valence-corrected chi connectivity index (χ4v) is 5.30. The minimum absolute atomic E-state index is 0.0554. The Morgan fingerprint density at radius 2 is 1.69 bits per heavy atom. The molecule has 7 nitrogen and oxygen atoms in total. The van der Waals surface area contributed by atoms with Crippen molar-refractivity contribution in [3.05, 3.63) is 54.5 Å². The molecule has 7 heteroatoms. The topological polar surface area (TPSA) is 70.6 Å². The second-order valence-corrected chi connectivity index (χ2v) is 10.5. The Bertz CT molecular complexity index is 1180. The van der Waals surface area contributed by atoms with Gasteiger partial charge in [-0.15, -0.1) is 0 Å². The third-order valence-corrected chi connectivity index (χ3v) is 7.44. The summed E-state index contributed by atoms with van der Waals surface area (Å²) in [4.78, 5) is 26.5. The molecule has 0 spiro atoms. The molecule has 5 rings (SSSR count). The van der Waals surface area contributed by atoms with Gasteiger partial charge in [-0.05, 0) is 87.9 Å². The molecule has 190 valence electrons. The van der Waals surface area contributed by atoms with E-state index in [2.05, 4.69) is 40.3 Å². The predicted molar refractivity (Wildman–Crippen MR) is 145 cm³/mol. The molecule has 3 heterocycles. The Balaban J connectivity index is 1.23. The van der Waals surface area contributed by atoms with Gasteiger partial charge in [-0.3, -0.25) is 0 Å². The maximum atomic E-state index is 12.9. The van der Waals surface area contributed by atoms with Crippen molar-refractivity contribution in [1.29, 1.82) is 0 Å². The lowest BCUT2D eigenvalue weighted by molar-refractivity contribution is 0.194. The monoisotopic (exact) mass is 487 g/mol. The van der Waals surface area contributed by atoms with E-state index in [0.717, 1.165) is 59.9 Å². The summed E-state index contributed by atoms with van der Waals surface area (Å²) in [6.07, 6.45) is 6.09. The SMILES string of the molecule is CC1CCN(c2ccc3ncnc(C4CCN(C(=O)Nc5ccc(OC(C)C)cc5)CC4)c3c2)CC1. The molecule has 0 radical (unpaired) electrons. The molecule has 0 atom stereocenters. The molecule has 3 aromatic rings. The normalized spacial score (nSPS) is 17.6. The van der Waals surface area contributed by atoms with E-state index in [9.17, 15) is 4.79 Å². The van der Waals surface area contributed by atoms with Gasteiger partial charge in [0.15, 0.2) is 0 Å². The van der Waals surface area contributed by atoms with Crippen LogP contribution in [0.3, 0.4) is 0 Å². The van der Waals surface area contributed by atoms with Crippen molar-refractivity contribution in [3.8, 4) is 5.75 Å². The lowest BCUT2D eigenvalue weighted by atomic mass is 9.91. The van der Waals surface area contributed by atoms with E-state index in [1.54, 1.807) is 6.33 Å².